The maximum absolute atomic E-state index is 13.5. The second kappa shape index (κ2) is 6.40. The van der Waals surface area contributed by atoms with E-state index >= 15 is 0 Å². The number of hydrogen-bond donors (Lipinski definition) is 1. The summed E-state index contributed by atoms with van der Waals surface area (Å²) in [4.78, 5) is 16.7. The normalized spacial score (nSPS) is 18.7. The van der Waals surface area contributed by atoms with Crippen LogP contribution in [0.1, 0.15) is 35.2 Å². The molecule has 0 saturated heterocycles. The number of nitrogens with zero attached hydrogens (tertiary/aromatic N) is 3. The number of aryl methyl sites for hydroxylation is 1. The van der Waals surface area contributed by atoms with Gasteiger partial charge in [-0.3, -0.25) is 4.68 Å². The number of benzene rings is 1. The second-order valence-corrected chi connectivity index (χ2v) is 6.42. The Morgan fingerprint density at radius 1 is 1.42 bits per heavy atom. The molecule has 1 aliphatic rings. The summed E-state index contributed by atoms with van der Waals surface area (Å²) in [5.74, 6) is -0.448. The molecule has 134 valence electrons. The molecule has 2 atom stereocenters. The first-order valence-electron chi connectivity index (χ1n) is 8.58. The zero-order valence-electron chi connectivity index (χ0n) is 14.6. The molecular weight excluding hydrogens is 335 g/mol. The van der Waals surface area contributed by atoms with Crippen LogP contribution in [0.25, 0.3) is 11.0 Å². The third kappa shape index (κ3) is 2.89. The number of ether oxygens (including phenoxy) is 1. The Balaban J connectivity index is 1.67. The van der Waals surface area contributed by atoms with Crippen molar-refractivity contribution >= 4 is 22.7 Å². The summed E-state index contributed by atoms with van der Waals surface area (Å²) < 4.78 is 20.3. The Morgan fingerprint density at radius 3 is 3.04 bits per heavy atom. The first-order chi connectivity index (χ1) is 12.6. The van der Waals surface area contributed by atoms with Gasteiger partial charge >= 0.3 is 5.97 Å². The Bertz CT molecular complexity index is 985. The van der Waals surface area contributed by atoms with E-state index in [0.29, 0.717) is 23.5 Å². The Hall–Kier alpha value is -2.96. The Morgan fingerprint density at radius 2 is 2.27 bits per heavy atom. The molecule has 3 aromatic rings. The van der Waals surface area contributed by atoms with E-state index < -0.39 is 5.97 Å². The highest BCUT2D eigenvalue weighted by Crippen LogP contribution is 2.44. The van der Waals surface area contributed by atoms with Crippen molar-refractivity contribution in [3.05, 3.63) is 53.6 Å². The molecule has 0 aliphatic heterocycles. The van der Waals surface area contributed by atoms with Crippen LogP contribution in [0.15, 0.2) is 36.7 Å². The SMILES string of the molecule is CCOC(=O)c1cnc2c(cnn2C)c1N[C@@H]1C[C@H]1c1cccc(F)c1. The molecule has 1 aliphatic carbocycles. The summed E-state index contributed by atoms with van der Waals surface area (Å²) in [7, 11) is 1.80. The average Bonchev–Trinajstić information content (AvgIpc) is 3.29. The van der Waals surface area contributed by atoms with Crippen LogP contribution < -0.4 is 5.32 Å². The molecule has 1 fully saturated rings. The number of anilines is 1. The van der Waals surface area contributed by atoms with Crippen molar-refractivity contribution in [3.63, 3.8) is 0 Å². The Labute approximate surface area is 150 Å². The van der Waals surface area contributed by atoms with Crippen LogP contribution in [0, 0.1) is 5.82 Å². The van der Waals surface area contributed by atoms with Crippen LogP contribution >= 0.6 is 0 Å². The van der Waals surface area contributed by atoms with E-state index in [0.717, 1.165) is 17.4 Å². The van der Waals surface area contributed by atoms with Crippen molar-refractivity contribution in [1.82, 2.24) is 14.8 Å². The number of rotatable bonds is 5. The van der Waals surface area contributed by atoms with Gasteiger partial charge in [0.25, 0.3) is 0 Å². The standard InChI is InChI=1S/C19H19FN4O2/c1-3-26-19(25)15-9-21-18-14(10-22-24(18)2)17(15)23-16-8-13(16)11-5-4-6-12(20)7-11/h4-7,9-10,13,16H,3,8H2,1-2H3,(H,21,23)/t13-,16+/m0/s1. The zero-order chi connectivity index (χ0) is 18.3. The number of nitrogens with one attached hydrogen (secondary N) is 1. The highest BCUT2D eigenvalue weighted by molar-refractivity contribution is 6.04. The quantitative estimate of drug-likeness (QED) is 0.712. The van der Waals surface area contributed by atoms with E-state index in [2.05, 4.69) is 15.4 Å². The lowest BCUT2D eigenvalue weighted by Gasteiger charge is -2.12. The van der Waals surface area contributed by atoms with Gasteiger partial charge in [0.1, 0.15) is 11.4 Å². The number of fused-ring (bicyclic) bond motifs is 1. The van der Waals surface area contributed by atoms with Crippen molar-refractivity contribution in [3.8, 4) is 0 Å². The second-order valence-electron chi connectivity index (χ2n) is 6.42. The van der Waals surface area contributed by atoms with E-state index in [1.54, 1.807) is 37.0 Å². The highest BCUT2D eigenvalue weighted by Gasteiger charge is 2.39. The summed E-state index contributed by atoms with van der Waals surface area (Å²) in [6.07, 6.45) is 4.08. The molecule has 0 amide bonds. The van der Waals surface area contributed by atoms with Gasteiger partial charge in [-0.05, 0) is 31.0 Å². The number of pyridine rings is 1. The molecule has 7 heteroatoms. The van der Waals surface area contributed by atoms with E-state index in [9.17, 15) is 9.18 Å². The van der Waals surface area contributed by atoms with E-state index in [1.807, 2.05) is 6.07 Å². The van der Waals surface area contributed by atoms with Crippen LogP contribution in [0.2, 0.25) is 0 Å². The number of carbonyl (C=O) groups excluding carboxylic acids is 1. The number of esters is 1. The lowest BCUT2D eigenvalue weighted by Crippen LogP contribution is -2.13. The van der Waals surface area contributed by atoms with E-state index in [1.165, 1.54) is 12.3 Å². The third-order valence-corrected chi connectivity index (χ3v) is 4.65. The monoisotopic (exact) mass is 354 g/mol. The fourth-order valence-electron chi connectivity index (χ4n) is 3.26. The van der Waals surface area contributed by atoms with Crippen molar-refractivity contribution in [2.75, 3.05) is 11.9 Å². The van der Waals surface area contributed by atoms with Gasteiger partial charge in [0, 0.05) is 25.2 Å². The molecule has 0 radical (unpaired) electrons. The van der Waals surface area contributed by atoms with Gasteiger partial charge in [-0.25, -0.2) is 14.2 Å². The van der Waals surface area contributed by atoms with E-state index in [4.69, 9.17) is 4.74 Å². The maximum atomic E-state index is 13.5. The summed E-state index contributed by atoms with van der Waals surface area (Å²) in [6.45, 7) is 2.06. The van der Waals surface area contributed by atoms with Crippen molar-refractivity contribution in [2.45, 2.75) is 25.3 Å². The highest BCUT2D eigenvalue weighted by atomic mass is 19.1. The molecule has 2 aromatic heterocycles. The number of carbonyl (C=O) groups is 1. The number of aromatic nitrogens is 3. The van der Waals surface area contributed by atoms with Gasteiger partial charge in [-0.2, -0.15) is 5.10 Å². The van der Waals surface area contributed by atoms with Crippen molar-refractivity contribution in [1.29, 1.82) is 0 Å². The smallest absolute Gasteiger partial charge is 0.341 e. The molecule has 0 unspecified atom stereocenters. The van der Waals surface area contributed by atoms with Gasteiger partial charge in [0.05, 0.1) is 23.9 Å². The van der Waals surface area contributed by atoms with Crippen molar-refractivity contribution < 1.29 is 13.9 Å². The first-order valence-corrected chi connectivity index (χ1v) is 8.58. The average molecular weight is 354 g/mol. The fraction of sp³-hybridized carbons (Fsp3) is 0.316. The molecule has 1 aromatic carbocycles. The minimum atomic E-state index is -0.420. The molecule has 2 heterocycles. The minimum absolute atomic E-state index is 0.121. The summed E-state index contributed by atoms with van der Waals surface area (Å²) >= 11 is 0. The van der Waals surface area contributed by atoms with Gasteiger partial charge < -0.3 is 10.1 Å². The van der Waals surface area contributed by atoms with Crippen LogP contribution in [-0.4, -0.2) is 33.4 Å². The van der Waals surface area contributed by atoms with Gasteiger partial charge in [0.2, 0.25) is 0 Å². The summed E-state index contributed by atoms with van der Waals surface area (Å²) in [5.41, 5.74) is 2.70. The molecular formula is C19H19FN4O2. The van der Waals surface area contributed by atoms with Gasteiger partial charge in [-0.15, -0.1) is 0 Å². The largest absolute Gasteiger partial charge is 0.462 e. The minimum Gasteiger partial charge on any atom is -0.462 e. The van der Waals surface area contributed by atoms with Crippen LogP contribution in [0.5, 0.6) is 0 Å². The summed E-state index contributed by atoms with van der Waals surface area (Å²) in [6, 6.07) is 6.76. The van der Waals surface area contributed by atoms with Crippen molar-refractivity contribution in [2.24, 2.45) is 7.05 Å². The van der Waals surface area contributed by atoms with Gasteiger partial charge in [0.15, 0.2) is 5.65 Å². The molecule has 0 spiro atoms. The van der Waals surface area contributed by atoms with Crippen LogP contribution in [0.3, 0.4) is 0 Å². The molecule has 1 saturated carbocycles. The topological polar surface area (TPSA) is 69.0 Å². The summed E-state index contributed by atoms with van der Waals surface area (Å²) in [5, 5.41) is 8.43. The molecule has 6 nitrogen and oxygen atoms in total. The molecule has 4 rings (SSSR count). The maximum Gasteiger partial charge on any atom is 0.341 e. The fourth-order valence-corrected chi connectivity index (χ4v) is 3.26. The third-order valence-electron chi connectivity index (χ3n) is 4.65. The first kappa shape index (κ1) is 16.5. The Kier molecular flexibility index (Phi) is 4.06. The van der Waals surface area contributed by atoms with Gasteiger partial charge in [-0.1, -0.05) is 12.1 Å². The molecule has 1 N–H and O–H groups in total. The number of halogens is 1. The predicted octanol–water partition coefficient (Wildman–Crippen LogP) is 3.25. The lowest BCUT2D eigenvalue weighted by molar-refractivity contribution is 0.0527. The lowest BCUT2D eigenvalue weighted by atomic mass is 10.1. The molecule has 0 bridgehead atoms. The van der Waals surface area contributed by atoms with Crippen LogP contribution in [-0.2, 0) is 11.8 Å². The van der Waals surface area contributed by atoms with E-state index in [-0.39, 0.29) is 17.8 Å². The van der Waals surface area contributed by atoms with Crippen LogP contribution in [0.4, 0.5) is 10.1 Å². The molecule has 26 heavy (non-hydrogen) atoms. The number of hydrogen-bond acceptors (Lipinski definition) is 5. The zero-order valence-corrected chi connectivity index (χ0v) is 14.6. The predicted molar refractivity (Wildman–Crippen MR) is 95.6 cm³/mol.